The predicted octanol–water partition coefficient (Wildman–Crippen LogP) is 3.96. The first-order valence-electron chi connectivity index (χ1n) is 10.7. The number of rotatable bonds is 4. The summed E-state index contributed by atoms with van der Waals surface area (Å²) >= 11 is 0. The number of halogens is 1. The average molecular weight is 417 g/mol. The number of nitrogens with one attached hydrogen (secondary N) is 3. The fourth-order valence-electron chi connectivity index (χ4n) is 5.21. The second kappa shape index (κ2) is 6.81. The number of nitrogens with zero attached hydrogens (tertiary/aromatic N) is 3. The lowest BCUT2D eigenvalue weighted by Crippen LogP contribution is -2.41. The van der Waals surface area contributed by atoms with Crippen LogP contribution in [0.3, 0.4) is 0 Å². The van der Waals surface area contributed by atoms with Crippen molar-refractivity contribution in [2.75, 3.05) is 29.1 Å². The number of anilines is 4. The molecule has 2 bridgehead atoms. The lowest BCUT2D eigenvalue weighted by Gasteiger charge is -2.31. The number of H-pyrrole nitrogens is 1. The van der Waals surface area contributed by atoms with Crippen LogP contribution in [0.4, 0.5) is 27.5 Å². The van der Waals surface area contributed by atoms with Crippen molar-refractivity contribution in [3.05, 3.63) is 48.3 Å². The van der Waals surface area contributed by atoms with Crippen LogP contribution in [0, 0.1) is 11.7 Å². The van der Waals surface area contributed by atoms with Crippen molar-refractivity contribution >= 4 is 45.1 Å². The summed E-state index contributed by atoms with van der Waals surface area (Å²) in [4.78, 5) is 15.4. The maximum absolute atomic E-state index is 14.4. The van der Waals surface area contributed by atoms with Crippen LogP contribution in [0.2, 0.25) is 0 Å². The zero-order valence-electron chi connectivity index (χ0n) is 17.2. The number of hydrogen-bond donors (Lipinski definition) is 4. The largest absolute Gasteiger partial charge is 0.386 e. The quantitative estimate of drug-likeness (QED) is 0.402. The molecular weight excluding hydrogens is 393 g/mol. The van der Waals surface area contributed by atoms with Gasteiger partial charge in [0.15, 0.2) is 0 Å². The molecule has 3 atom stereocenters. The van der Waals surface area contributed by atoms with E-state index in [1.807, 2.05) is 30.3 Å². The van der Waals surface area contributed by atoms with E-state index in [0.717, 1.165) is 47.2 Å². The van der Waals surface area contributed by atoms with Gasteiger partial charge in [-0.2, -0.15) is 9.97 Å². The number of hydrogen-bond acceptors (Lipinski definition) is 6. The number of para-hydroxylation sites is 1. The molecule has 2 aliphatic rings. The predicted molar refractivity (Wildman–Crippen MR) is 122 cm³/mol. The Labute approximate surface area is 178 Å². The van der Waals surface area contributed by atoms with E-state index in [1.165, 1.54) is 6.07 Å². The van der Waals surface area contributed by atoms with E-state index in [-0.39, 0.29) is 11.9 Å². The summed E-state index contributed by atoms with van der Waals surface area (Å²) < 4.78 is 14.4. The van der Waals surface area contributed by atoms with Gasteiger partial charge in [-0.3, -0.25) is 0 Å². The average Bonchev–Trinajstić information content (AvgIpc) is 3.45. The Morgan fingerprint density at radius 3 is 2.71 bits per heavy atom. The number of fused-ring (bicyclic) bond motifs is 5. The van der Waals surface area contributed by atoms with Crippen molar-refractivity contribution in [3.8, 4) is 0 Å². The van der Waals surface area contributed by atoms with E-state index in [1.54, 1.807) is 13.1 Å². The molecule has 4 aromatic rings. The monoisotopic (exact) mass is 417 g/mol. The van der Waals surface area contributed by atoms with Gasteiger partial charge < -0.3 is 26.3 Å². The first-order valence-corrected chi connectivity index (χ1v) is 10.7. The molecule has 0 spiro atoms. The highest BCUT2D eigenvalue weighted by molar-refractivity contribution is 6.15. The van der Waals surface area contributed by atoms with Gasteiger partial charge >= 0.3 is 0 Å². The first kappa shape index (κ1) is 18.4. The second-order valence-electron chi connectivity index (χ2n) is 8.54. The molecule has 3 heterocycles. The van der Waals surface area contributed by atoms with Crippen molar-refractivity contribution in [3.63, 3.8) is 0 Å². The van der Waals surface area contributed by atoms with Crippen LogP contribution in [0.1, 0.15) is 12.8 Å². The molecule has 2 aromatic carbocycles. The minimum absolute atomic E-state index is 0.247. The Kier molecular flexibility index (Phi) is 4.04. The molecule has 31 heavy (non-hydrogen) atoms. The highest BCUT2D eigenvalue weighted by atomic mass is 19.1. The SMILES string of the molecule is CNc1cc(F)cc2c1[nH]c1nc(Nc3ccccc3)nc(N3C[C@H]4CC3C[C@H]4N)c12. The fraction of sp³-hybridized carbons (Fsp3) is 0.304. The van der Waals surface area contributed by atoms with E-state index in [9.17, 15) is 4.39 Å². The Morgan fingerprint density at radius 2 is 2.00 bits per heavy atom. The van der Waals surface area contributed by atoms with Crippen molar-refractivity contribution < 1.29 is 4.39 Å². The Morgan fingerprint density at radius 1 is 1.16 bits per heavy atom. The van der Waals surface area contributed by atoms with Gasteiger partial charge in [-0.05, 0) is 43.0 Å². The lowest BCUT2D eigenvalue weighted by atomic mass is 10.0. The molecule has 6 rings (SSSR count). The van der Waals surface area contributed by atoms with Gasteiger partial charge in [-0.25, -0.2) is 4.39 Å². The smallest absolute Gasteiger partial charge is 0.231 e. The molecule has 1 aliphatic heterocycles. The molecule has 1 aliphatic carbocycles. The molecule has 8 heteroatoms. The van der Waals surface area contributed by atoms with E-state index in [2.05, 4.69) is 20.5 Å². The summed E-state index contributed by atoms with van der Waals surface area (Å²) in [6.07, 6.45) is 2.03. The molecule has 5 N–H and O–H groups in total. The highest BCUT2D eigenvalue weighted by Crippen LogP contribution is 2.43. The third kappa shape index (κ3) is 2.90. The van der Waals surface area contributed by atoms with Crippen molar-refractivity contribution in [2.45, 2.75) is 24.9 Å². The summed E-state index contributed by atoms with van der Waals surface area (Å²) in [5.41, 5.74) is 9.42. The molecule has 158 valence electrons. The topological polar surface area (TPSA) is 94.9 Å². The third-order valence-corrected chi connectivity index (χ3v) is 6.67. The van der Waals surface area contributed by atoms with E-state index >= 15 is 0 Å². The minimum atomic E-state index is -0.292. The third-order valence-electron chi connectivity index (χ3n) is 6.67. The van der Waals surface area contributed by atoms with Gasteiger partial charge in [0.25, 0.3) is 0 Å². The van der Waals surface area contributed by atoms with Gasteiger partial charge in [0.05, 0.1) is 16.6 Å². The fourth-order valence-corrected chi connectivity index (χ4v) is 5.21. The summed E-state index contributed by atoms with van der Waals surface area (Å²) in [5.74, 6) is 1.52. The van der Waals surface area contributed by atoms with Gasteiger partial charge in [0.2, 0.25) is 5.95 Å². The van der Waals surface area contributed by atoms with Gasteiger partial charge in [0, 0.05) is 36.7 Å². The van der Waals surface area contributed by atoms with Gasteiger partial charge in [-0.1, -0.05) is 18.2 Å². The maximum Gasteiger partial charge on any atom is 0.231 e. The normalized spacial score (nSPS) is 22.5. The molecule has 1 saturated heterocycles. The van der Waals surface area contributed by atoms with E-state index in [4.69, 9.17) is 15.7 Å². The first-order chi connectivity index (χ1) is 15.1. The minimum Gasteiger partial charge on any atom is -0.386 e. The molecule has 1 unspecified atom stereocenters. The number of aromatic nitrogens is 3. The summed E-state index contributed by atoms with van der Waals surface area (Å²) in [5, 5.41) is 8.03. The van der Waals surface area contributed by atoms with E-state index < -0.39 is 0 Å². The molecule has 2 fully saturated rings. The molecule has 2 aromatic heterocycles. The Hall–Kier alpha value is -3.39. The van der Waals surface area contributed by atoms with Gasteiger partial charge in [-0.15, -0.1) is 0 Å². The van der Waals surface area contributed by atoms with Crippen molar-refractivity contribution in [1.82, 2.24) is 15.0 Å². The van der Waals surface area contributed by atoms with Gasteiger partial charge in [0.1, 0.15) is 17.3 Å². The zero-order valence-corrected chi connectivity index (χ0v) is 17.2. The van der Waals surface area contributed by atoms with Crippen molar-refractivity contribution in [1.29, 1.82) is 0 Å². The highest BCUT2D eigenvalue weighted by Gasteiger charge is 2.44. The number of aromatic amines is 1. The molecular formula is C23H24FN7. The van der Waals surface area contributed by atoms with E-state index in [0.29, 0.717) is 29.2 Å². The lowest BCUT2D eigenvalue weighted by molar-refractivity contribution is 0.471. The summed E-state index contributed by atoms with van der Waals surface area (Å²) in [7, 11) is 1.79. The Balaban J connectivity index is 1.57. The number of benzene rings is 2. The molecule has 1 saturated carbocycles. The maximum atomic E-state index is 14.4. The molecule has 0 radical (unpaired) electrons. The van der Waals surface area contributed by atoms with Crippen LogP contribution >= 0.6 is 0 Å². The van der Waals surface area contributed by atoms with Crippen LogP contribution in [-0.4, -0.2) is 40.6 Å². The summed E-state index contributed by atoms with van der Waals surface area (Å²) in [6.45, 7) is 0.865. The van der Waals surface area contributed by atoms with Crippen LogP contribution in [0.25, 0.3) is 21.9 Å². The Bertz CT molecular complexity index is 1280. The van der Waals surface area contributed by atoms with Crippen LogP contribution in [0.15, 0.2) is 42.5 Å². The number of nitrogens with two attached hydrogens (primary N) is 1. The summed E-state index contributed by atoms with van der Waals surface area (Å²) in [6, 6.07) is 13.5. The second-order valence-corrected chi connectivity index (χ2v) is 8.54. The number of piperidine rings is 1. The van der Waals surface area contributed by atoms with Crippen LogP contribution in [-0.2, 0) is 0 Å². The van der Waals surface area contributed by atoms with Crippen LogP contribution in [0.5, 0.6) is 0 Å². The standard InChI is InChI=1S/C23H24FN7/c1-26-18-9-13(24)8-16-19-21(28-20(16)18)29-23(27-14-5-3-2-4-6-14)30-22(19)31-11-12-7-15(31)10-17(12)25/h2-6,8-9,12,15,17,26H,7,10-11,25H2,1H3,(H2,27,28,29,30)/t12-,15?,17-/m1/s1. The van der Waals surface area contributed by atoms with Crippen molar-refractivity contribution in [2.24, 2.45) is 11.7 Å². The van der Waals surface area contributed by atoms with Crippen LogP contribution < -0.4 is 21.3 Å². The molecule has 0 amide bonds. The molecule has 7 nitrogen and oxygen atoms in total. The zero-order chi connectivity index (χ0) is 21.1.